The Kier molecular flexibility index (Phi) is 5.18. The molecule has 0 heterocycles. The minimum atomic E-state index is -0.190. The van der Waals surface area contributed by atoms with Crippen LogP contribution >= 0.6 is 0 Å². The zero-order valence-corrected chi connectivity index (χ0v) is 11.5. The van der Waals surface area contributed by atoms with E-state index < -0.39 is 0 Å². The molecule has 104 valence electrons. The number of esters is 1. The van der Waals surface area contributed by atoms with Crippen LogP contribution in [0.15, 0.2) is 54.6 Å². The van der Waals surface area contributed by atoms with Crippen molar-refractivity contribution in [3.8, 4) is 11.5 Å². The molecule has 2 rings (SSSR count). The largest absolute Gasteiger partial charge is 0.497 e. The van der Waals surface area contributed by atoms with Crippen molar-refractivity contribution in [2.24, 2.45) is 0 Å². The van der Waals surface area contributed by atoms with Gasteiger partial charge in [0.1, 0.15) is 11.5 Å². The number of ether oxygens (including phenoxy) is 2. The third kappa shape index (κ3) is 4.43. The summed E-state index contributed by atoms with van der Waals surface area (Å²) in [6.07, 6.45) is 2.05. The molecule has 0 aromatic heterocycles. The SMILES string of the molecule is COc1ccc(CCCC(=O)Oc2ccccc2)cc1. The van der Waals surface area contributed by atoms with E-state index in [0.717, 1.165) is 18.6 Å². The molecular formula is C17H18O3. The molecule has 0 amide bonds. The van der Waals surface area contributed by atoms with Crippen molar-refractivity contribution >= 4 is 5.97 Å². The molecule has 0 unspecified atom stereocenters. The monoisotopic (exact) mass is 270 g/mol. The zero-order valence-electron chi connectivity index (χ0n) is 11.5. The Balaban J connectivity index is 1.73. The van der Waals surface area contributed by atoms with Gasteiger partial charge in [-0.3, -0.25) is 4.79 Å². The van der Waals surface area contributed by atoms with Crippen molar-refractivity contribution in [2.75, 3.05) is 7.11 Å². The fourth-order valence-corrected chi connectivity index (χ4v) is 1.90. The van der Waals surface area contributed by atoms with Crippen LogP contribution in [-0.2, 0) is 11.2 Å². The smallest absolute Gasteiger partial charge is 0.311 e. The number of methoxy groups -OCH3 is 1. The first kappa shape index (κ1) is 14.1. The first-order valence-electron chi connectivity index (χ1n) is 6.66. The number of hydrogen-bond donors (Lipinski definition) is 0. The highest BCUT2D eigenvalue weighted by Gasteiger charge is 2.04. The van der Waals surface area contributed by atoms with E-state index in [0.29, 0.717) is 12.2 Å². The molecule has 0 fully saturated rings. The summed E-state index contributed by atoms with van der Waals surface area (Å²) in [5.74, 6) is 1.25. The van der Waals surface area contributed by atoms with Crippen molar-refractivity contribution in [3.63, 3.8) is 0 Å². The second kappa shape index (κ2) is 7.34. The maximum atomic E-state index is 11.7. The summed E-state index contributed by atoms with van der Waals surface area (Å²) in [6, 6.07) is 17.0. The average Bonchev–Trinajstić information content (AvgIpc) is 2.49. The van der Waals surface area contributed by atoms with Crippen LogP contribution in [0.3, 0.4) is 0 Å². The number of carbonyl (C=O) groups excluding carboxylic acids is 1. The van der Waals surface area contributed by atoms with Gasteiger partial charge < -0.3 is 9.47 Å². The molecule has 0 atom stereocenters. The topological polar surface area (TPSA) is 35.5 Å². The molecule has 0 radical (unpaired) electrons. The average molecular weight is 270 g/mol. The molecule has 0 aliphatic heterocycles. The van der Waals surface area contributed by atoms with Crippen molar-refractivity contribution in [3.05, 3.63) is 60.2 Å². The Morgan fingerprint density at radius 2 is 1.65 bits per heavy atom. The van der Waals surface area contributed by atoms with Crippen LogP contribution in [0.4, 0.5) is 0 Å². The van der Waals surface area contributed by atoms with E-state index in [2.05, 4.69) is 0 Å². The van der Waals surface area contributed by atoms with Crippen LogP contribution in [0.5, 0.6) is 11.5 Å². The van der Waals surface area contributed by atoms with Gasteiger partial charge in [0.2, 0.25) is 0 Å². The van der Waals surface area contributed by atoms with E-state index >= 15 is 0 Å². The fourth-order valence-electron chi connectivity index (χ4n) is 1.90. The van der Waals surface area contributed by atoms with Gasteiger partial charge in [0.15, 0.2) is 0 Å². The molecule has 2 aromatic rings. The van der Waals surface area contributed by atoms with E-state index in [1.54, 1.807) is 19.2 Å². The summed E-state index contributed by atoms with van der Waals surface area (Å²) >= 11 is 0. The second-order valence-electron chi connectivity index (χ2n) is 4.49. The lowest BCUT2D eigenvalue weighted by Gasteiger charge is -2.05. The number of para-hydroxylation sites is 1. The maximum Gasteiger partial charge on any atom is 0.311 e. The molecule has 0 bridgehead atoms. The fraction of sp³-hybridized carbons (Fsp3) is 0.235. The van der Waals surface area contributed by atoms with Crippen molar-refractivity contribution < 1.29 is 14.3 Å². The third-order valence-corrected chi connectivity index (χ3v) is 2.98. The van der Waals surface area contributed by atoms with E-state index in [1.165, 1.54) is 5.56 Å². The quantitative estimate of drug-likeness (QED) is 0.594. The van der Waals surface area contributed by atoms with Crippen LogP contribution < -0.4 is 9.47 Å². The summed E-state index contributed by atoms with van der Waals surface area (Å²) in [5, 5.41) is 0. The van der Waals surface area contributed by atoms with Crippen LogP contribution in [-0.4, -0.2) is 13.1 Å². The Hall–Kier alpha value is -2.29. The normalized spacial score (nSPS) is 10.1. The molecule has 0 aliphatic carbocycles. The minimum absolute atomic E-state index is 0.190. The van der Waals surface area contributed by atoms with Crippen LogP contribution in [0.1, 0.15) is 18.4 Å². The van der Waals surface area contributed by atoms with E-state index in [1.807, 2.05) is 42.5 Å². The van der Waals surface area contributed by atoms with Crippen molar-refractivity contribution in [2.45, 2.75) is 19.3 Å². The molecule has 20 heavy (non-hydrogen) atoms. The van der Waals surface area contributed by atoms with Gasteiger partial charge in [0.25, 0.3) is 0 Å². The number of hydrogen-bond acceptors (Lipinski definition) is 3. The first-order valence-corrected chi connectivity index (χ1v) is 6.66. The first-order chi connectivity index (χ1) is 9.78. The highest BCUT2D eigenvalue weighted by Crippen LogP contribution is 2.14. The Bertz CT molecular complexity index is 532. The second-order valence-corrected chi connectivity index (χ2v) is 4.49. The molecule has 0 saturated heterocycles. The Morgan fingerprint density at radius 1 is 0.950 bits per heavy atom. The Labute approximate surface area is 119 Å². The van der Waals surface area contributed by atoms with Gasteiger partial charge in [-0.05, 0) is 42.7 Å². The number of aryl methyl sites for hydroxylation is 1. The van der Waals surface area contributed by atoms with E-state index in [-0.39, 0.29) is 5.97 Å². The highest BCUT2D eigenvalue weighted by molar-refractivity contribution is 5.72. The van der Waals surface area contributed by atoms with Crippen LogP contribution in [0, 0.1) is 0 Å². The number of benzene rings is 2. The van der Waals surface area contributed by atoms with Gasteiger partial charge in [-0.25, -0.2) is 0 Å². The standard InChI is InChI=1S/C17H18O3/c1-19-15-12-10-14(11-13-15)6-5-9-17(18)20-16-7-3-2-4-8-16/h2-4,7-8,10-13H,5-6,9H2,1H3. The molecule has 0 spiro atoms. The lowest BCUT2D eigenvalue weighted by molar-refractivity contribution is -0.134. The summed E-state index contributed by atoms with van der Waals surface area (Å²) in [6.45, 7) is 0. The molecule has 2 aromatic carbocycles. The molecule has 0 saturated carbocycles. The van der Waals surface area contributed by atoms with Crippen LogP contribution in [0.2, 0.25) is 0 Å². The lowest BCUT2D eigenvalue weighted by Crippen LogP contribution is -2.07. The predicted octanol–water partition coefficient (Wildman–Crippen LogP) is 3.62. The molecule has 3 heteroatoms. The predicted molar refractivity (Wildman–Crippen MR) is 78.0 cm³/mol. The van der Waals surface area contributed by atoms with E-state index in [9.17, 15) is 4.79 Å². The molecular weight excluding hydrogens is 252 g/mol. The highest BCUT2D eigenvalue weighted by atomic mass is 16.5. The number of rotatable bonds is 6. The van der Waals surface area contributed by atoms with Gasteiger partial charge in [0.05, 0.1) is 7.11 Å². The summed E-state index contributed by atoms with van der Waals surface area (Å²) in [4.78, 5) is 11.7. The van der Waals surface area contributed by atoms with Gasteiger partial charge in [-0.2, -0.15) is 0 Å². The minimum Gasteiger partial charge on any atom is -0.497 e. The van der Waals surface area contributed by atoms with Crippen LogP contribution in [0.25, 0.3) is 0 Å². The summed E-state index contributed by atoms with van der Waals surface area (Å²) < 4.78 is 10.3. The molecule has 3 nitrogen and oxygen atoms in total. The van der Waals surface area contributed by atoms with Gasteiger partial charge in [0, 0.05) is 6.42 Å². The maximum absolute atomic E-state index is 11.7. The summed E-state index contributed by atoms with van der Waals surface area (Å²) in [7, 11) is 1.65. The van der Waals surface area contributed by atoms with Gasteiger partial charge >= 0.3 is 5.97 Å². The third-order valence-electron chi connectivity index (χ3n) is 2.98. The molecule has 0 N–H and O–H groups in total. The van der Waals surface area contributed by atoms with E-state index in [4.69, 9.17) is 9.47 Å². The van der Waals surface area contributed by atoms with Crippen molar-refractivity contribution in [1.29, 1.82) is 0 Å². The Morgan fingerprint density at radius 3 is 2.30 bits per heavy atom. The van der Waals surface area contributed by atoms with Crippen molar-refractivity contribution in [1.82, 2.24) is 0 Å². The zero-order chi connectivity index (χ0) is 14.2. The summed E-state index contributed by atoms with van der Waals surface area (Å²) in [5.41, 5.74) is 1.19. The van der Waals surface area contributed by atoms with Gasteiger partial charge in [-0.15, -0.1) is 0 Å². The van der Waals surface area contributed by atoms with Gasteiger partial charge in [-0.1, -0.05) is 30.3 Å². The lowest BCUT2D eigenvalue weighted by atomic mass is 10.1. The number of carbonyl (C=O) groups is 1. The molecule has 0 aliphatic rings.